The van der Waals surface area contributed by atoms with Crippen molar-refractivity contribution in [1.29, 1.82) is 0 Å². The molecule has 0 aromatic heterocycles. The molecule has 0 heterocycles. The van der Waals surface area contributed by atoms with Crippen molar-refractivity contribution in [3.05, 3.63) is 59.2 Å². The monoisotopic (exact) mass is 220 g/mol. The van der Waals surface area contributed by atoms with E-state index in [1.165, 1.54) is 22.3 Å². The molecule has 0 saturated carbocycles. The van der Waals surface area contributed by atoms with Crippen LogP contribution in [0.25, 0.3) is 11.1 Å². The maximum absolute atomic E-state index is 3.22. The Morgan fingerprint density at radius 2 is 1.65 bits per heavy atom. The third-order valence-electron chi connectivity index (χ3n) is 2.81. The summed E-state index contributed by atoms with van der Waals surface area (Å²) >= 11 is 0. The van der Waals surface area contributed by atoms with E-state index in [1.807, 2.05) is 13.0 Å². The molecule has 17 heavy (non-hydrogen) atoms. The first-order chi connectivity index (χ1) is 8.22. The highest BCUT2D eigenvalue weighted by Crippen LogP contribution is 2.26. The van der Waals surface area contributed by atoms with Crippen LogP contribution in [-0.2, 0) is 0 Å². The van der Waals surface area contributed by atoms with Gasteiger partial charge in [0.1, 0.15) is 0 Å². The van der Waals surface area contributed by atoms with Gasteiger partial charge in [-0.05, 0) is 37.5 Å². The molecular formula is C17H16. The second-order valence-electron chi connectivity index (χ2n) is 4.25. The first kappa shape index (κ1) is 11.5. The molecule has 0 fully saturated rings. The van der Waals surface area contributed by atoms with Gasteiger partial charge in [0.2, 0.25) is 0 Å². The second kappa shape index (κ2) is 4.89. The normalized spacial score (nSPS) is 9.59. The van der Waals surface area contributed by atoms with Gasteiger partial charge < -0.3 is 0 Å². The third kappa shape index (κ3) is 2.40. The molecular weight excluding hydrogens is 204 g/mol. The van der Waals surface area contributed by atoms with E-state index < -0.39 is 0 Å². The first-order valence-electron chi connectivity index (χ1n) is 5.82. The number of aryl methyl sites for hydroxylation is 2. The fourth-order valence-electron chi connectivity index (χ4n) is 2.10. The summed E-state index contributed by atoms with van der Waals surface area (Å²) in [5, 5.41) is 0. The Labute approximate surface area is 103 Å². The SMILES string of the molecule is CC#Cc1c(C)cc(C)cc1-c1ccccc1. The van der Waals surface area contributed by atoms with Gasteiger partial charge in [0.15, 0.2) is 0 Å². The molecule has 0 aliphatic heterocycles. The van der Waals surface area contributed by atoms with Crippen LogP contribution in [-0.4, -0.2) is 0 Å². The lowest BCUT2D eigenvalue weighted by atomic mass is 9.94. The summed E-state index contributed by atoms with van der Waals surface area (Å²) in [4.78, 5) is 0. The Balaban J connectivity index is 2.70. The maximum atomic E-state index is 3.22. The van der Waals surface area contributed by atoms with Crippen LogP contribution in [0.2, 0.25) is 0 Å². The molecule has 0 unspecified atom stereocenters. The zero-order chi connectivity index (χ0) is 12.3. The van der Waals surface area contributed by atoms with Crippen LogP contribution in [0.5, 0.6) is 0 Å². The molecule has 84 valence electrons. The molecule has 0 spiro atoms. The molecule has 0 N–H and O–H groups in total. The molecule has 0 saturated heterocycles. The standard InChI is InChI=1S/C17H16/c1-4-8-16-14(3)11-13(2)12-17(16)15-9-6-5-7-10-15/h5-7,9-12H,1-3H3. The topological polar surface area (TPSA) is 0 Å². The van der Waals surface area contributed by atoms with Gasteiger partial charge in [-0.1, -0.05) is 53.9 Å². The van der Waals surface area contributed by atoms with E-state index in [4.69, 9.17) is 0 Å². The predicted molar refractivity (Wildman–Crippen MR) is 73.9 cm³/mol. The molecule has 0 aliphatic rings. The van der Waals surface area contributed by atoms with Gasteiger partial charge in [-0.15, -0.1) is 5.92 Å². The van der Waals surface area contributed by atoms with Gasteiger partial charge in [-0.2, -0.15) is 0 Å². The molecule has 2 aromatic carbocycles. The molecule has 0 aliphatic carbocycles. The summed E-state index contributed by atoms with van der Waals surface area (Å²) in [5.41, 5.74) is 6.14. The smallest absolute Gasteiger partial charge is 0.0352 e. The summed E-state index contributed by atoms with van der Waals surface area (Å²) in [5.74, 6) is 6.22. The molecule has 0 amide bonds. The molecule has 0 heteroatoms. The van der Waals surface area contributed by atoms with E-state index in [9.17, 15) is 0 Å². The number of benzene rings is 2. The summed E-state index contributed by atoms with van der Waals surface area (Å²) in [6, 6.07) is 14.8. The van der Waals surface area contributed by atoms with Crippen molar-refractivity contribution in [3.8, 4) is 23.0 Å². The average molecular weight is 220 g/mol. The molecule has 0 bridgehead atoms. The number of hydrogen-bond acceptors (Lipinski definition) is 0. The minimum absolute atomic E-state index is 1.14. The Kier molecular flexibility index (Phi) is 3.30. The fraction of sp³-hybridized carbons (Fsp3) is 0.176. The summed E-state index contributed by atoms with van der Waals surface area (Å²) in [6.07, 6.45) is 0. The van der Waals surface area contributed by atoms with Gasteiger partial charge in [0.05, 0.1) is 0 Å². The van der Waals surface area contributed by atoms with E-state index in [0.29, 0.717) is 0 Å². The summed E-state index contributed by atoms with van der Waals surface area (Å²) in [6.45, 7) is 6.13. The second-order valence-corrected chi connectivity index (χ2v) is 4.25. The fourth-order valence-corrected chi connectivity index (χ4v) is 2.10. The lowest BCUT2D eigenvalue weighted by molar-refractivity contribution is 1.36. The number of rotatable bonds is 1. The minimum atomic E-state index is 1.14. The van der Waals surface area contributed by atoms with Crippen LogP contribution < -0.4 is 0 Å². The molecule has 2 aromatic rings. The third-order valence-corrected chi connectivity index (χ3v) is 2.81. The van der Waals surface area contributed by atoms with Crippen LogP contribution in [0.4, 0.5) is 0 Å². The molecule has 2 rings (SSSR count). The number of hydrogen-bond donors (Lipinski definition) is 0. The maximum Gasteiger partial charge on any atom is 0.0352 e. The summed E-state index contributed by atoms with van der Waals surface area (Å²) < 4.78 is 0. The Morgan fingerprint density at radius 3 is 2.29 bits per heavy atom. The van der Waals surface area contributed by atoms with E-state index in [1.54, 1.807) is 0 Å². The average Bonchev–Trinajstić information content (AvgIpc) is 2.33. The lowest BCUT2D eigenvalue weighted by Gasteiger charge is -2.09. The van der Waals surface area contributed by atoms with Crippen molar-refractivity contribution in [3.63, 3.8) is 0 Å². The van der Waals surface area contributed by atoms with Gasteiger partial charge in [-0.3, -0.25) is 0 Å². The van der Waals surface area contributed by atoms with E-state index in [2.05, 4.69) is 62.1 Å². The van der Waals surface area contributed by atoms with Crippen molar-refractivity contribution in [2.45, 2.75) is 20.8 Å². The molecule has 0 atom stereocenters. The van der Waals surface area contributed by atoms with Crippen molar-refractivity contribution >= 4 is 0 Å². The predicted octanol–water partition coefficient (Wildman–Crippen LogP) is 4.34. The highest BCUT2D eigenvalue weighted by molar-refractivity contribution is 5.73. The van der Waals surface area contributed by atoms with Crippen LogP contribution >= 0.6 is 0 Å². The van der Waals surface area contributed by atoms with Crippen molar-refractivity contribution < 1.29 is 0 Å². The van der Waals surface area contributed by atoms with E-state index >= 15 is 0 Å². The van der Waals surface area contributed by atoms with Crippen LogP contribution in [0, 0.1) is 25.7 Å². The quantitative estimate of drug-likeness (QED) is 0.627. The highest BCUT2D eigenvalue weighted by atomic mass is 14.1. The van der Waals surface area contributed by atoms with Crippen molar-refractivity contribution in [2.75, 3.05) is 0 Å². The highest BCUT2D eigenvalue weighted by Gasteiger charge is 2.06. The Morgan fingerprint density at radius 1 is 0.941 bits per heavy atom. The zero-order valence-electron chi connectivity index (χ0n) is 10.5. The molecule has 0 radical (unpaired) electrons. The Hall–Kier alpha value is -2.00. The summed E-state index contributed by atoms with van der Waals surface area (Å²) in [7, 11) is 0. The lowest BCUT2D eigenvalue weighted by Crippen LogP contribution is -1.90. The minimum Gasteiger partial charge on any atom is -0.101 e. The van der Waals surface area contributed by atoms with Gasteiger partial charge in [-0.25, -0.2) is 0 Å². The van der Waals surface area contributed by atoms with Crippen LogP contribution in [0.15, 0.2) is 42.5 Å². The van der Waals surface area contributed by atoms with Crippen molar-refractivity contribution in [1.82, 2.24) is 0 Å². The zero-order valence-corrected chi connectivity index (χ0v) is 10.5. The van der Waals surface area contributed by atoms with Gasteiger partial charge in [0, 0.05) is 5.56 Å². The van der Waals surface area contributed by atoms with Crippen molar-refractivity contribution in [2.24, 2.45) is 0 Å². The first-order valence-corrected chi connectivity index (χ1v) is 5.82. The van der Waals surface area contributed by atoms with E-state index in [-0.39, 0.29) is 0 Å². The van der Waals surface area contributed by atoms with Crippen LogP contribution in [0.3, 0.4) is 0 Å². The van der Waals surface area contributed by atoms with Gasteiger partial charge in [0.25, 0.3) is 0 Å². The largest absolute Gasteiger partial charge is 0.101 e. The van der Waals surface area contributed by atoms with Crippen LogP contribution in [0.1, 0.15) is 23.6 Å². The molecule has 0 nitrogen and oxygen atoms in total. The Bertz CT molecular complexity index is 581. The van der Waals surface area contributed by atoms with E-state index in [0.717, 1.165) is 5.56 Å². The van der Waals surface area contributed by atoms with Gasteiger partial charge >= 0.3 is 0 Å².